The van der Waals surface area contributed by atoms with Crippen molar-refractivity contribution in [2.45, 2.75) is 39.8 Å². The number of nitrogens with one attached hydrogen (secondary N) is 2. The Morgan fingerprint density at radius 1 is 1.18 bits per heavy atom. The molecule has 1 heterocycles. The second kappa shape index (κ2) is 13.8. The van der Waals surface area contributed by atoms with Crippen LogP contribution in [0.4, 0.5) is 0 Å². The number of nitrogens with zero attached hydrogens (tertiary/aromatic N) is 2. The van der Waals surface area contributed by atoms with Crippen molar-refractivity contribution >= 4 is 40.8 Å². The number of benzene rings is 1. The van der Waals surface area contributed by atoms with Crippen LogP contribution in [0.1, 0.15) is 27.2 Å². The number of aliphatic hydroxyl groups is 1. The van der Waals surface area contributed by atoms with Gasteiger partial charge in [-0.25, -0.2) is 0 Å². The van der Waals surface area contributed by atoms with Crippen molar-refractivity contribution in [1.29, 1.82) is 0 Å². The number of aromatic nitrogens is 1. The van der Waals surface area contributed by atoms with Gasteiger partial charge in [0.05, 0.1) is 19.3 Å². The maximum Gasteiger partial charge on any atom is 0.191 e. The number of rotatable bonds is 11. The van der Waals surface area contributed by atoms with Crippen molar-refractivity contribution in [1.82, 2.24) is 15.2 Å². The number of fused-ring (bicyclic) bond motifs is 1. The molecule has 2 rings (SSSR count). The first-order chi connectivity index (χ1) is 13.1. The third kappa shape index (κ3) is 8.79. The predicted octanol–water partition coefficient (Wildman–Crippen LogP) is 3.24. The van der Waals surface area contributed by atoms with Crippen molar-refractivity contribution in [2.24, 2.45) is 10.9 Å². The highest BCUT2D eigenvalue weighted by atomic mass is 127. The van der Waals surface area contributed by atoms with Crippen LogP contribution in [0, 0.1) is 5.92 Å². The van der Waals surface area contributed by atoms with Crippen LogP contribution in [0.15, 0.2) is 41.5 Å². The van der Waals surface area contributed by atoms with Crippen molar-refractivity contribution in [3.8, 4) is 0 Å². The topological polar surface area (TPSA) is 70.8 Å². The van der Waals surface area contributed by atoms with Gasteiger partial charge in [-0.05, 0) is 36.8 Å². The van der Waals surface area contributed by atoms with Crippen LogP contribution in [0.3, 0.4) is 0 Å². The molecule has 0 spiro atoms. The molecule has 0 aliphatic heterocycles. The average molecular weight is 502 g/mol. The van der Waals surface area contributed by atoms with Gasteiger partial charge in [0.25, 0.3) is 0 Å². The third-order valence-corrected chi connectivity index (χ3v) is 4.11. The van der Waals surface area contributed by atoms with Gasteiger partial charge in [0, 0.05) is 38.0 Å². The first-order valence-corrected chi connectivity index (χ1v) is 9.92. The molecular weight excluding hydrogens is 467 g/mol. The fourth-order valence-corrected chi connectivity index (χ4v) is 2.82. The van der Waals surface area contributed by atoms with Crippen LogP contribution >= 0.6 is 24.0 Å². The van der Waals surface area contributed by atoms with E-state index in [0.717, 1.165) is 32.0 Å². The zero-order valence-corrected chi connectivity index (χ0v) is 19.6. The molecular formula is C21H35IN4O2. The summed E-state index contributed by atoms with van der Waals surface area (Å²) in [4.78, 5) is 4.45. The molecule has 1 aromatic heterocycles. The summed E-state index contributed by atoms with van der Waals surface area (Å²) in [7, 11) is 0. The summed E-state index contributed by atoms with van der Waals surface area (Å²) in [6.45, 7) is 10.1. The number of aliphatic imine (C=N–C) groups is 1. The second-order valence-corrected chi connectivity index (χ2v) is 7.15. The average Bonchev–Trinajstić information content (AvgIpc) is 3.06. The van der Waals surface area contributed by atoms with Crippen molar-refractivity contribution in [3.05, 3.63) is 36.5 Å². The van der Waals surface area contributed by atoms with Gasteiger partial charge in [-0.2, -0.15) is 0 Å². The molecule has 158 valence electrons. The van der Waals surface area contributed by atoms with E-state index in [2.05, 4.69) is 70.6 Å². The lowest BCUT2D eigenvalue weighted by atomic mass is 10.2. The fraction of sp³-hybridized carbons (Fsp3) is 0.571. The maximum atomic E-state index is 9.99. The molecule has 7 heteroatoms. The predicted molar refractivity (Wildman–Crippen MR) is 128 cm³/mol. The summed E-state index contributed by atoms with van der Waals surface area (Å²) in [5.41, 5.74) is 1.27. The molecule has 0 saturated carbocycles. The Kier molecular flexibility index (Phi) is 12.2. The molecule has 28 heavy (non-hydrogen) atoms. The number of hydrogen-bond donors (Lipinski definition) is 3. The lowest BCUT2D eigenvalue weighted by Gasteiger charge is -2.14. The van der Waals surface area contributed by atoms with Gasteiger partial charge in [-0.3, -0.25) is 4.99 Å². The number of hydrogen-bond acceptors (Lipinski definition) is 3. The van der Waals surface area contributed by atoms with Crippen molar-refractivity contribution in [3.63, 3.8) is 0 Å². The van der Waals surface area contributed by atoms with Gasteiger partial charge in [-0.15, -0.1) is 24.0 Å². The summed E-state index contributed by atoms with van der Waals surface area (Å²) in [6, 6.07) is 10.6. The van der Waals surface area contributed by atoms with Gasteiger partial charge >= 0.3 is 0 Å². The van der Waals surface area contributed by atoms with E-state index in [-0.39, 0.29) is 24.0 Å². The van der Waals surface area contributed by atoms with Crippen molar-refractivity contribution < 1.29 is 9.84 Å². The Morgan fingerprint density at radius 3 is 2.71 bits per heavy atom. The van der Waals surface area contributed by atoms with Crippen LogP contribution < -0.4 is 10.6 Å². The number of halogens is 1. The van der Waals surface area contributed by atoms with E-state index in [9.17, 15) is 5.11 Å². The molecule has 0 radical (unpaired) electrons. The largest absolute Gasteiger partial charge is 0.389 e. The van der Waals surface area contributed by atoms with E-state index in [0.29, 0.717) is 25.7 Å². The SMILES string of the molecule is CCNC(=NCC(O)COCC(C)C)NCCCn1ccc2ccccc21.I. The number of aryl methyl sites for hydroxylation is 1. The molecule has 1 aromatic carbocycles. The smallest absolute Gasteiger partial charge is 0.191 e. The van der Waals surface area contributed by atoms with Gasteiger partial charge < -0.3 is 25.0 Å². The van der Waals surface area contributed by atoms with Gasteiger partial charge in [0.2, 0.25) is 0 Å². The minimum absolute atomic E-state index is 0. The summed E-state index contributed by atoms with van der Waals surface area (Å²) >= 11 is 0. The summed E-state index contributed by atoms with van der Waals surface area (Å²) in [5.74, 6) is 1.20. The van der Waals surface area contributed by atoms with Crippen LogP contribution in [0.2, 0.25) is 0 Å². The molecule has 1 atom stereocenters. The van der Waals surface area contributed by atoms with Gasteiger partial charge in [0.1, 0.15) is 0 Å². The Morgan fingerprint density at radius 2 is 1.96 bits per heavy atom. The molecule has 0 fully saturated rings. The summed E-state index contributed by atoms with van der Waals surface area (Å²) in [5, 5.41) is 17.8. The molecule has 0 aliphatic rings. The summed E-state index contributed by atoms with van der Waals surface area (Å²) < 4.78 is 7.74. The first kappa shape index (κ1) is 24.7. The highest BCUT2D eigenvalue weighted by Crippen LogP contribution is 2.15. The zero-order chi connectivity index (χ0) is 19.5. The highest BCUT2D eigenvalue weighted by molar-refractivity contribution is 14.0. The Labute approximate surface area is 185 Å². The van der Waals surface area contributed by atoms with Crippen molar-refractivity contribution in [2.75, 3.05) is 32.8 Å². The minimum Gasteiger partial charge on any atom is -0.389 e. The monoisotopic (exact) mass is 502 g/mol. The van der Waals surface area contributed by atoms with Crippen LogP contribution in [0.5, 0.6) is 0 Å². The lowest BCUT2D eigenvalue weighted by molar-refractivity contribution is 0.0301. The lowest BCUT2D eigenvalue weighted by Crippen LogP contribution is -2.39. The molecule has 0 saturated heterocycles. The van der Waals surface area contributed by atoms with Gasteiger partial charge in [0.15, 0.2) is 5.96 Å². The Bertz CT molecular complexity index is 703. The Balaban J connectivity index is 0.00000392. The quantitative estimate of drug-likeness (QED) is 0.191. The number of ether oxygens (including phenoxy) is 1. The van der Waals surface area contributed by atoms with Gasteiger partial charge in [-0.1, -0.05) is 32.0 Å². The first-order valence-electron chi connectivity index (χ1n) is 9.92. The number of para-hydroxylation sites is 1. The molecule has 0 amide bonds. The van der Waals surface area contributed by atoms with E-state index in [1.54, 1.807) is 0 Å². The zero-order valence-electron chi connectivity index (χ0n) is 17.2. The number of guanidine groups is 1. The Hall–Kier alpha value is -1.32. The fourth-order valence-electron chi connectivity index (χ4n) is 2.82. The molecule has 1 unspecified atom stereocenters. The second-order valence-electron chi connectivity index (χ2n) is 7.15. The van der Waals surface area contributed by atoms with Crippen LogP contribution in [-0.2, 0) is 11.3 Å². The standard InChI is InChI=1S/C21H34N4O2.HI/c1-4-22-21(24-14-19(26)16-27-15-17(2)3)23-11-7-12-25-13-10-18-8-5-6-9-20(18)25;/h5-6,8-10,13,17,19,26H,4,7,11-12,14-16H2,1-3H3,(H2,22,23,24);1H. The van der Waals surface area contributed by atoms with E-state index in [1.165, 1.54) is 10.9 Å². The molecule has 0 bridgehead atoms. The third-order valence-electron chi connectivity index (χ3n) is 4.11. The van der Waals surface area contributed by atoms with Crippen LogP contribution in [0.25, 0.3) is 10.9 Å². The highest BCUT2D eigenvalue weighted by Gasteiger charge is 2.06. The van der Waals surface area contributed by atoms with E-state index < -0.39 is 6.10 Å². The number of aliphatic hydroxyl groups excluding tert-OH is 1. The molecule has 3 N–H and O–H groups in total. The van der Waals surface area contributed by atoms with Crippen LogP contribution in [-0.4, -0.2) is 54.6 Å². The maximum absolute atomic E-state index is 9.99. The molecule has 2 aromatic rings. The minimum atomic E-state index is -0.578. The molecule has 6 nitrogen and oxygen atoms in total. The van der Waals surface area contributed by atoms with E-state index in [1.807, 2.05) is 6.92 Å². The van der Waals surface area contributed by atoms with E-state index >= 15 is 0 Å². The summed E-state index contributed by atoms with van der Waals surface area (Å²) in [6.07, 6.45) is 2.55. The normalized spacial score (nSPS) is 12.8. The molecule has 0 aliphatic carbocycles. The van der Waals surface area contributed by atoms with E-state index in [4.69, 9.17) is 4.74 Å².